The topological polar surface area (TPSA) is 88.9 Å². The lowest BCUT2D eigenvalue weighted by Gasteiger charge is -2.47. The predicted octanol–water partition coefficient (Wildman–Crippen LogP) is 4.33. The van der Waals surface area contributed by atoms with Crippen molar-refractivity contribution in [3.63, 3.8) is 0 Å². The SMILES string of the molecule is C=CC(=O)N1CC2(CCN(c3nc4c(c(-c5c(C)ccc6[nH]ncc56)c3C#N)[C@H]3[C@H](C4)C3(C)C)C2)C1. The van der Waals surface area contributed by atoms with Crippen LogP contribution in [0.2, 0.25) is 0 Å². The molecule has 3 aromatic rings. The van der Waals surface area contributed by atoms with Crippen LogP contribution in [0.3, 0.4) is 0 Å². The summed E-state index contributed by atoms with van der Waals surface area (Å²) in [5.41, 5.74) is 7.75. The summed E-state index contributed by atoms with van der Waals surface area (Å²) in [7, 11) is 0. The number of H-pyrrole nitrogens is 1. The number of carbonyl (C=O) groups excluding carboxylic acids is 1. The first kappa shape index (κ1) is 21.6. The third kappa shape index (κ3) is 2.70. The molecule has 0 radical (unpaired) electrons. The van der Waals surface area contributed by atoms with E-state index in [2.05, 4.69) is 60.6 Å². The molecule has 4 heterocycles. The zero-order valence-electron chi connectivity index (χ0n) is 21.1. The van der Waals surface area contributed by atoms with Gasteiger partial charge in [-0.2, -0.15) is 10.4 Å². The number of hydrogen-bond donors (Lipinski definition) is 1. The van der Waals surface area contributed by atoms with Crippen molar-refractivity contribution in [3.8, 4) is 17.2 Å². The van der Waals surface area contributed by atoms with E-state index in [1.807, 2.05) is 11.1 Å². The number of fused-ring (bicyclic) bond motifs is 4. The molecule has 2 aromatic heterocycles. The number of aromatic nitrogens is 3. The van der Waals surface area contributed by atoms with E-state index in [4.69, 9.17) is 4.98 Å². The molecule has 2 saturated heterocycles. The minimum atomic E-state index is 0.000234. The second kappa shape index (κ2) is 6.97. The van der Waals surface area contributed by atoms with Gasteiger partial charge in [-0.15, -0.1) is 0 Å². The zero-order valence-corrected chi connectivity index (χ0v) is 21.1. The summed E-state index contributed by atoms with van der Waals surface area (Å²) in [6.45, 7) is 13.6. The number of nitrogens with zero attached hydrogens (tertiary/aromatic N) is 5. The average molecular weight is 479 g/mol. The second-order valence-electron chi connectivity index (χ2n) is 11.9. The van der Waals surface area contributed by atoms with E-state index in [-0.39, 0.29) is 16.7 Å². The number of nitriles is 1. The van der Waals surface area contributed by atoms with Crippen LogP contribution in [0.4, 0.5) is 5.82 Å². The summed E-state index contributed by atoms with van der Waals surface area (Å²) in [5.74, 6) is 1.84. The summed E-state index contributed by atoms with van der Waals surface area (Å²) < 4.78 is 0. The summed E-state index contributed by atoms with van der Waals surface area (Å²) in [6, 6.07) is 6.80. The number of nitrogens with one attached hydrogen (secondary N) is 1. The fraction of sp³-hybridized carbons (Fsp3) is 0.448. The Kier molecular flexibility index (Phi) is 4.18. The van der Waals surface area contributed by atoms with Crippen LogP contribution in [0, 0.1) is 35.0 Å². The molecule has 2 aliphatic heterocycles. The lowest BCUT2D eigenvalue weighted by molar-refractivity contribution is -0.136. The maximum Gasteiger partial charge on any atom is 0.245 e. The minimum absolute atomic E-state index is 0.000234. The van der Waals surface area contributed by atoms with E-state index in [0.29, 0.717) is 17.4 Å². The number of carbonyl (C=O) groups is 1. The molecule has 2 atom stereocenters. The average Bonchev–Trinajstić information content (AvgIpc) is 3.38. The molecule has 182 valence electrons. The summed E-state index contributed by atoms with van der Waals surface area (Å²) >= 11 is 0. The number of rotatable bonds is 3. The molecule has 1 N–H and O–H groups in total. The minimum Gasteiger partial charge on any atom is -0.355 e. The van der Waals surface area contributed by atoms with E-state index in [1.165, 1.54) is 11.6 Å². The van der Waals surface area contributed by atoms with E-state index >= 15 is 0 Å². The first-order chi connectivity index (χ1) is 17.3. The Morgan fingerprint density at radius 1 is 1.28 bits per heavy atom. The van der Waals surface area contributed by atoms with Crippen LogP contribution in [-0.4, -0.2) is 52.2 Å². The monoisotopic (exact) mass is 478 g/mol. The van der Waals surface area contributed by atoms with Crippen LogP contribution < -0.4 is 4.90 Å². The molecular weight excluding hydrogens is 448 g/mol. The molecule has 7 heteroatoms. The van der Waals surface area contributed by atoms with Crippen molar-refractivity contribution < 1.29 is 4.79 Å². The Balaban J connectivity index is 1.38. The van der Waals surface area contributed by atoms with Gasteiger partial charge in [0.05, 0.1) is 11.7 Å². The number of likely N-dealkylation sites (tertiary alicyclic amines) is 1. The first-order valence-corrected chi connectivity index (χ1v) is 12.8. The van der Waals surface area contributed by atoms with Crippen LogP contribution in [0.15, 0.2) is 31.0 Å². The summed E-state index contributed by atoms with van der Waals surface area (Å²) in [5, 5.41) is 19.1. The van der Waals surface area contributed by atoms with Gasteiger partial charge in [-0.25, -0.2) is 4.98 Å². The molecule has 3 fully saturated rings. The number of anilines is 1. The molecule has 0 bridgehead atoms. The highest BCUT2D eigenvalue weighted by Gasteiger charge is 2.64. The zero-order chi connectivity index (χ0) is 25.0. The van der Waals surface area contributed by atoms with Crippen LogP contribution in [0.25, 0.3) is 22.0 Å². The van der Waals surface area contributed by atoms with Crippen molar-refractivity contribution in [1.29, 1.82) is 5.26 Å². The maximum atomic E-state index is 12.1. The molecule has 4 aliphatic rings. The summed E-state index contributed by atoms with van der Waals surface area (Å²) in [4.78, 5) is 21.4. The Hall–Kier alpha value is -3.66. The fourth-order valence-electron chi connectivity index (χ4n) is 7.51. The Labute approximate surface area is 210 Å². The van der Waals surface area contributed by atoms with Crippen molar-refractivity contribution in [3.05, 3.63) is 53.4 Å². The Morgan fingerprint density at radius 3 is 2.83 bits per heavy atom. The highest BCUT2D eigenvalue weighted by molar-refractivity contribution is 6.00. The quantitative estimate of drug-likeness (QED) is 0.566. The molecule has 1 amide bonds. The molecule has 7 nitrogen and oxygen atoms in total. The molecule has 1 spiro atoms. The lowest BCUT2D eigenvalue weighted by Crippen LogP contribution is -2.59. The van der Waals surface area contributed by atoms with Gasteiger partial charge >= 0.3 is 0 Å². The van der Waals surface area contributed by atoms with Gasteiger partial charge in [0.2, 0.25) is 5.91 Å². The maximum absolute atomic E-state index is 12.1. The van der Waals surface area contributed by atoms with E-state index in [1.54, 1.807) is 0 Å². The van der Waals surface area contributed by atoms with Gasteiger partial charge < -0.3 is 9.80 Å². The molecule has 7 rings (SSSR count). The number of aromatic amines is 1. The van der Waals surface area contributed by atoms with E-state index < -0.39 is 0 Å². The van der Waals surface area contributed by atoms with Crippen molar-refractivity contribution in [2.45, 2.75) is 39.5 Å². The van der Waals surface area contributed by atoms with Gasteiger partial charge in [0, 0.05) is 48.2 Å². The highest BCUT2D eigenvalue weighted by atomic mass is 16.2. The van der Waals surface area contributed by atoms with Gasteiger partial charge in [0.25, 0.3) is 0 Å². The largest absolute Gasteiger partial charge is 0.355 e. The van der Waals surface area contributed by atoms with Gasteiger partial charge in [0.1, 0.15) is 17.5 Å². The Morgan fingerprint density at radius 2 is 2.08 bits per heavy atom. The fourth-order valence-corrected chi connectivity index (χ4v) is 7.51. The van der Waals surface area contributed by atoms with Crippen LogP contribution in [-0.2, 0) is 11.2 Å². The number of hydrogen-bond acceptors (Lipinski definition) is 5. The molecule has 1 saturated carbocycles. The van der Waals surface area contributed by atoms with Crippen LogP contribution >= 0.6 is 0 Å². The predicted molar refractivity (Wildman–Crippen MR) is 139 cm³/mol. The highest BCUT2D eigenvalue weighted by Crippen LogP contribution is 2.71. The van der Waals surface area contributed by atoms with E-state index in [9.17, 15) is 10.1 Å². The van der Waals surface area contributed by atoms with Gasteiger partial charge in [0.15, 0.2) is 0 Å². The number of benzene rings is 1. The molecule has 36 heavy (non-hydrogen) atoms. The number of aryl methyl sites for hydroxylation is 1. The first-order valence-electron chi connectivity index (χ1n) is 12.8. The molecule has 1 aromatic carbocycles. The third-order valence-corrected chi connectivity index (χ3v) is 9.54. The normalized spacial score (nSPS) is 24.4. The standard InChI is InChI=1S/C29H30N6O/c1-5-22(36)35-14-29(15-35)8-9-34(13-29)27-17(11-30)24(23-16(2)6-7-20-18(23)12-31-33-20)25-21(32-27)10-19-26(25)28(19,3)4/h5-7,12,19,26H,1,8-10,13-15H2,2-4H3,(H,31,33)/t19-,26+/m0/s1. The third-order valence-electron chi connectivity index (χ3n) is 9.54. The number of amides is 1. The van der Waals surface area contributed by atoms with Crippen LogP contribution in [0.1, 0.15) is 48.6 Å². The van der Waals surface area contributed by atoms with E-state index in [0.717, 1.165) is 78.1 Å². The van der Waals surface area contributed by atoms with Crippen molar-refractivity contribution in [2.75, 3.05) is 31.1 Å². The Bertz CT molecular complexity index is 1520. The molecule has 0 unspecified atom stereocenters. The summed E-state index contributed by atoms with van der Waals surface area (Å²) in [6.07, 6.45) is 5.26. The molecular formula is C29H30N6O. The van der Waals surface area contributed by atoms with Crippen molar-refractivity contribution >= 4 is 22.6 Å². The van der Waals surface area contributed by atoms with Crippen molar-refractivity contribution in [1.82, 2.24) is 20.1 Å². The molecule has 2 aliphatic carbocycles. The van der Waals surface area contributed by atoms with Gasteiger partial charge in [-0.05, 0) is 65.8 Å². The lowest BCUT2D eigenvalue weighted by atomic mass is 9.79. The second-order valence-corrected chi connectivity index (χ2v) is 11.9. The van der Waals surface area contributed by atoms with Crippen molar-refractivity contribution in [2.24, 2.45) is 16.7 Å². The smallest absolute Gasteiger partial charge is 0.245 e. The van der Waals surface area contributed by atoms with Gasteiger partial charge in [-0.1, -0.05) is 26.5 Å². The van der Waals surface area contributed by atoms with Gasteiger partial charge in [-0.3, -0.25) is 9.89 Å². The number of pyridine rings is 1. The van der Waals surface area contributed by atoms with Crippen LogP contribution in [0.5, 0.6) is 0 Å².